The number of carbonyl (C=O) groups excluding carboxylic acids is 1. The third-order valence-corrected chi connectivity index (χ3v) is 5.61. The maximum Gasteiger partial charge on any atom is 0.234 e. The molecule has 0 saturated carbocycles. The number of benzene rings is 1. The zero-order valence-electron chi connectivity index (χ0n) is 13.7. The van der Waals surface area contributed by atoms with Gasteiger partial charge in [-0.3, -0.25) is 4.79 Å². The van der Waals surface area contributed by atoms with Crippen LogP contribution >= 0.6 is 46.6 Å². The number of carbonyl (C=O) groups is 1. The number of aromatic nitrogens is 3. The summed E-state index contributed by atoms with van der Waals surface area (Å²) in [5, 5.41) is 12.6. The number of hydrogen-bond donors (Lipinski definition) is 1. The number of hydrogen-bond acceptors (Lipinski definition) is 5. The second-order valence-electron chi connectivity index (χ2n) is 5.34. The van der Waals surface area contributed by atoms with Crippen LogP contribution in [0.5, 0.6) is 0 Å². The molecule has 0 unspecified atom stereocenters. The van der Waals surface area contributed by atoms with Gasteiger partial charge in [-0.15, -0.1) is 10.2 Å². The molecule has 0 spiro atoms. The van der Waals surface area contributed by atoms with E-state index in [1.54, 1.807) is 6.26 Å². The molecule has 1 aromatic carbocycles. The molecule has 0 fully saturated rings. The minimum Gasteiger partial charge on any atom is -0.469 e. The van der Waals surface area contributed by atoms with Gasteiger partial charge in [0.05, 0.1) is 38.3 Å². The van der Waals surface area contributed by atoms with Gasteiger partial charge in [0.15, 0.2) is 11.0 Å². The van der Waals surface area contributed by atoms with E-state index in [2.05, 4.69) is 15.5 Å². The molecule has 0 atom stereocenters. The summed E-state index contributed by atoms with van der Waals surface area (Å²) in [6.07, 6.45) is 1.60. The summed E-state index contributed by atoms with van der Waals surface area (Å²) in [7, 11) is 1.83. The van der Waals surface area contributed by atoms with E-state index in [0.29, 0.717) is 31.7 Å². The van der Waals surface area contributed by atoms with Gasteiger partial charge in [0, 0.05) is 7.05 Å². The minimum absolute atomic E-state index is 0.132. The molecule has 1 N–H and O–H groups in total. The first-order chi connectivity index (χ1) is 12.4. The minimum atomic E-state index is -0.251. The van der Waals surface area contributed by atoms with Crippen molar-refractivity contribution in [3.63, 3.8) is 0 Å². The lowest BCUT2D eigenvalue weighted by Crippen LogP contribution is -2.14. The van der Waals surface area contributed by atoms with Crippen molar-refractivity contribution in [2.24, 2.45) is 7.05 Å². The number of anilines is 1. The molecule has 0 aliphatic carbocycles. The number of halogens is 3. The quantitative estimate of drug-likeness (QED) is 0.451. The van der Waals surface area contributed by atoms with E-state index >= 15 is 0 Å². The molecule has 6 nitrogen and oxygen atoms in total. The highest BCUT2D eigenvalue weighted by Crippen LogP contribution is 2.32. The predicted octanol–water partition coefficient (Wildman–Crippen LogP) is 5.07. The molecule has 0 aliphatic rings. The highest BCUT2D eigenvalue weighted by atomic mass is 35.5. The second kappa shape index (κ2) is 7.92. The molecule has 0 radical (unpaired) electrons. The van der Waals surface area contributed by atoms with Crippen molar-refractivity contribution < 1.29 is 9.21 Å². The number of nitrogens with one attached hydrogen (secondary N) is 1. The average Bonchev–Trinajstić information content (AvgIpc) is 3.16. The molecule has 0 bridgehead atoms. The molecule has 3 aromatic rings. The molecule has 136 valence electrons. The smallest absolute Gasteiger partial charge is 0.234 e. The standard InChI is InChI=1S/C16H13Cl3N4O2S/c1-8-9(3-4-25-8)15-21-22-16(23(15)2)26-7-14(24)20-13-6-11(18)10(17)5-12(13)19/h3-6H,7H2,1-2H3,(H,20,24). The molecule has 3 rings (SSSR count). The Morgan fingerprint density at radius 1 is 1.23 bits per heavy atom. The van der Waals surface area contributed by atoms with Crippen LogP contribution < -0.4 is 5.32 Å². The first-order valence-electron chi connectivity index (χ1n) is 7.38. The van der Waals surface area contributed by atoms with Gasteiger partial charge in [-0.1, -0.05) is 46.6 Å². The van der Waals surface area contributed by atoms with Crippen molar-refractivity contribution in [1.29, 1.82) is 0 Å². The highest BCUT2D eigenvalue weighted by Gasteiger charge is 2.16. The molecule has 1 amide bonds. The molecule has 2 heterocycles. The van der Waals surface area contributed by atoms with Crippen LogP contribution in [0.25, 0.3) is 11.4 Å². The van der Waals surface area contributed by atoms with E-state index in [1.807, 2.05) is 24.6 Å². The van der Waals surface area contributed by atoms with Gasteiger partial charge in [-0.05, 0) is 25.1 Å². The molecule has 0 saturated heterocycles. The van der Waals surface area contributed by atoms with Crippen LogP contribution in [-0.4, -0.2) is 26.4 Å². The summed E-state index contributed by atoms with van der Waals surface area (Å²) in [4.78, 5) is 12.2. The summed E-state index contributed by atoms with van der Waals surface area (Å²) >= 11 is 19.1. The topological polar surface area (TPSA) is 72.9 Å². The van der Waals surface area contributed by atoms with Crippen LogP contribution in [0, 0.1) is 6.92 Å². The van der Waals surface area contributed by atoms with Gasteiger partial charge in [0.25, 0.3) is 0 Å². The van der Waals surface area contributed by atoms with E-state index in [4.69, 9.17) is 39.2 Å². The fraction of sp³-hybridized carbons (Fsp3) is 0.188. The Balaban J connectivity index is 1.66. The number of aryl methyl sites for hydroxylation is 1. The van der Waals surface area contributed by atoms with E-state index < -0.39 is 0 Å². The first-order valence-corrected chi connectivity index (χ1v) is 9.50. The Morgan fingerprint density at radius 2 is 1.96 bits per heavy atom. The van der Waals surface area contributed by atoms with Gasteiger partial charge in [0.2, 0.25) is 5.91 Å². The maximum atomic E-state index is 12.2. The van der Waals surface area contributed by atoms with Crippen LogP contribution in [0.1, 0.15) is 5.76 Å². The normalized spacial score (nSPS) is 11.0. The Morgan fingerprint density at radius 3 is 2.65 bits per heavy atom. The first kappa shape index (κ1) is 19.1. The summed E-state index contributed by atoms with van der Waals surface area (Å²) in [6, 6.07) is 4.82. The molecular weight excluding hydrogens is 419 g/mol. The van der Waals surface area contributed by atoms with E-state index in [-0.39, 0.29) is 11.7 Å². The zero-order chi connectivity index (χ0) is 18.8. The summed E-state index contributed by atoms with van der Waals surface area (Å²) in [5.41, 5.74) is 1.26. The van der Waals surface area contributed by atoms with Crippen LogP contribution in [0.4, 0.5) is 5.69 Å². The summed E-state index contributed by atoms with van der Waals surface area (Å²) in [6.45, 7) is 1.85. The number of thioether (sulfide) groups is 1. The highest BCUT2D eigenvalue weighted by molar-refractivity contribution is 7.99. The van der Waals surface area contributed by atoms with Crippen molar-refractivity contribution in [2.45, 2.75) is 12.1 Å². The largest absolute Gasteiger partial charge is 0.469 e. The van der Waals surface area contributed by atoms with Crippen molar-refractivity contribution in [1.82, 2.24) is 14.8 Å². The molecular formula is C16H13Cl3N4O2S. The fourth-order valence-corrected chi connectivity index (χ4v) is 3.53. The lowest BCUT2D eigenvalue weighted by atomic mass is 10.2. The maximum absolute atomic E-state index is 12.2. The Hall–Kier alpha value is -1.67. The molecule has 2 aromatic heterocycles. The number of furan rings is 1. The molecule has 0 aliphatic heterocycles. The Labute approximate surface area is 168 Å². The van der Waals surface area contributed by atoms with Gasteiger partial charge < -0.3 is 14.3 Å². The zero-order valence-corrected chi connectivity index (χ0v) is 16.8. The van der Waals surface area contributed by atoms with Gasteiger partial charge in [0.1, 0.15) is 5.76 Å². The van der Waals surface area contributed by atoms with Crippen LogP contribution in [0.3, 0.4) is 0 Å². The van der Waals surface area contributed by atoms with Gasteiger partial charge in [-0.25, -0.2) is 0 Å². The van der Waals surface area contributed by atoms with Crippen molar-refractivity contribution >= 4 is 58.2 Å². The van der Waals surface area contributed by atoms with Crippen LogP contribution in [-0.2, 0) is 11.8 Å². The lowest BCUT2D eigenvalue weighted by molar-refractivity contribution is -0.113. The fourth-order valence-electron chi connectivity index (χ4n) is 2.23. The Kier molecular flexibility index (Phi) is 5.82. The number of nitrogens with zero attached hydrogens (tertiary/aromatic N) is 3. The van der Waals surface area contributed by atoms with E-state index in [0.717, 1.165) is 11.3 Å². The number of amides is 1. The average molecular weight is 432 g/mol. The Bertz CT molecular complexity index is 971. The number of rotatable bonds is 5. The third-order valence-electron chi connectivity index (χ3n) is 3.55. The molecule has 10 heteroatoms. The van der Waals surface area contributed by atoms with Gasteiger partial charge >= 0.3 is 0 Å². The van der Waals surface area contributed by atoms with Crippen molar-refractivity contribution in [3.05, 3.63) is 45.3 Å². The summed E-state index contributed by atoms with van der Waals surface area (Å²) in [5.74, 6) is 1.31. The van der Waals surface area contributed by atoms with Crippen molar-refractivity contribution in [3.8, 4) is 11.4 Å². The third kappa shape index (κ3) is 4.01. The van der Waals surface area contributed by atoms with Crippen molar-refractivity contribution in [2.75, 3.05) is 11.1 Å². The van der Waals surface area contributed by atoms with Crippen LogP contribution in [0.2, 0.25) is 15.1 Å². The predicted molar refractivity (Wildman–Crippen MR) is 104 cm³/mol. The van der Waals surface area contributed by atoms with Gasteiger partial charge in [-0.2, -0.15) is 0 Å². The summed E-state index contributed by atoms with van der Waals surface area (Å²) < 4.78 is 7.10. The van der Waals surface area contributed by atoms with E-state index in [9.17, 15) is 4.79 Å². The SMILES string of the molecule is Cc1occc1-c1nnc(SCC(=O)Nc2cc(Cl)c(Cl)cc2Cl)n1C. The molecule has 26 heavy (non-hydrogen) atoms. The second-order valence-corrected chi connectivity index (χ2v) is 7.50. The lowest BCUT2D eigenvalue weighted by Gasteiger charge is -2.08. The van der Waals surface area contributed by atoms with Crippen LogP contribution in [0.15, 0.2) is 34.0 Å². The van der Waals surface area contributed by atoms with E-state index in [1.165, 1.54) is 23.9 Å². The monoisotopic (exact) mass is 430 g/mol.